The average molecular weight is 242 g/mol. The molecule has 94 valence electrons. The van der Waals surface area contributed by atoms with E-state index in [0.29, 0.717) is 5.54 Å². The molecule has 1 heterocycles. The zero-order valence-corrected chi connectivity index (χ0v) is 11.6. The standard InChI is InChI=1S/C13H26N2S/c1-3-12-5-4-6-13(12,10-14)15-7-8-16-11(2)9-15/h11-12H,3-10,14H2,1-2H3. The van der Waals surface area contributed by atoms with E-state index in [1.54, 1.807) is 0 Å². The first kappa shape index (κ1) is 12.7. The Morgan fingerprint density at radius 1 is 1.50 bits per heavy atom. The average Bonchev–Trinajstić information content (AvgIpc) is 2.73. The molecule has 3 heteroatoms. The predicted molar refractivity (Wildman–Crippen MR) is 72.9 cm³/mol. The summed E-state index contributed by atoms with van der Waals surface area (Å²) in [5.74, 6) is 2.13. The molecule has 0 aromatic rings. The number of nitrogens with zero attached hydrogens (tertiary/aromatic N) is 1. The van der Waals surface area contributed by atoms with Crippen molar-refractivity contribution in [3.05, 3.63) is 0 Å². The molecule has 0 amide bonds. The van der Waals surface area contributed by atoms with Crippen LogP contribution in [0.4, 0.5) is 0 Å². The minimum absolute atomic E-state index is 0.351. The molecule has 1 aliphatic carbocycles. The van der Waals surface area contributed by atoms with Gasteiger partial charge in [-0.15, -0.1) is 0 Å². The van der Waals surface area contributed by atoms with E-state index in [1.807, 2.05) is 0 Å². The first-order valence-corrected chi connectivity index (χ1v) is 7.84. The SMILES string of the molecule is CCC1CCCC1(CN)N1CCSC(C)C1. The zero-order valence-electron chi connectivity index (χ0n) is 10.7. The molecule has 2 fully saturated rings. The van der Waals surface area contributed by atoms with Gasteiger partial charge >= 0.3 is 0 Å². The molecule has 3 unspecified atom stereocenters. The largest absolute Gasteiger partial charge is 0.329 e. The third kappa shape index (κ3) is 2.14. The van der Waals surface area contributed by atoms with E-state index >= 15 is 0 Å². The van der Waals surface area contributed by atoms with Crippen LogP contribution in [0.1, 0.15) is 39.5 Å². The van der Waals surface area contributed by atoms with Crippen molar-refractivity contribution in [2.45, 2.75) is 50.3 Å². The van der Waals surface area contributed by atoms with Gasteiger partial charge in [-0.25, -0.2) is 0 Å². The van der Waals surface area contributed by atoms with Crippen LogP contribution in [-0.4, -0.2) is 41.1 Å². The maximum absolute atomic E-state index is 6.16. The van der Waals surface area contributed by atoms with Gasteiger partial charge in [0.1, 0.15) is 0 Å². The zero-order chi connectivity index (χ0) is 11.6. The van der Waals surface area contributed by atoms with E-state index in [-0.39, 0.29) is 0 Å². The number of hydrogen-bond donors (Lipinski definition) is 1. The Morgan fingerprint density at radius 3 is 2.94 bits per heavy atom. The summed E-state index contributed by atoms with van der Waals surface area (Å²) in [6, 6.07) is 0. The minimum Gasteiger partial charge on any atom is -0.329 e. The summed E-state index contributed by atoms with van der Waals surface area (Å²) in [7, 11) is 0. The summed E-state index contributed by atoms with van der Waals surface area (Å²) < 4.78 is 0. The molecule has 2 rings (SSSR count). The molecule has 2 N–H and O–H groups in total. The van der Waals surface area contributed by atoms with Crippen molar-refractivity contribution in [2.75, 3.05) is 25.4 Å². The van der Waals surface area contributed by atoms with E-state index in [1.165, 1.54) is 44.5 Å². The van der Waals surface area contributed by atoms with Crippen molar-refractivity contribution in [1.82, 2.24) is 4.90 Å². The van der Waals surface area contributed by atoms with Gasteiger partial charge < -0.3 is 5.73 Å². The van der Waals surface area contributed by atoms with E-state index in [0.717, 1.165) is 17.7 Å². The molecular weight excluding hydrogens is 216 g/mol. The number of hydrogen-bond acceptors (Lipinski definition) is 3. The summed E-state index contributed by atoms with van der Waals surface area (Å²) in [6.07, 6.45) is 5.41. The van der Waals surface area contributed by atoms with Gasteiger partial charge in [0.25, 0.3) is 0 Å². The molecule has 0 aromatic heterocycles. The normalized spacial score (nSPS) is 41.4. The summed E-state index contributed by atoms with van der Waals surface area (Å²) in [5, 5.41) is 0.787. The molecule has 3 atom stereocenters. The van der Waals surface area contributed by atoms with Crippen LogP contribution in [0.5, 0.6) is 0 Å². The van der Waals surface area contributed by atoms with Crippen molar-refractivity contribution in [3.63, 3.8) is 0 Å². The van der Waals surface area contributed by atoms with Crippen molar-refractivity contribution < 1.29 is 0 Å². The van der Waals surface area contributed by atoms with Crippen LogP contribution in [0.2, 0.25) is 0 Å². The Morgan fingerprint density at radius 2 is 2.31 bits per heavy atom. The molecule has 0 aromatic carbocycles. The van der Waals surface area contributed by atoms with Crippen molar-refractivity contribution in [1.29, 1.82) is 0 Å². The van der Waals surface area contributed by atoms with Crippen LogP contribution in [0.25, 0.3) is 0 Å². The second kappa shape index (κ2) is 5.28. The summed E-state index contributed by atoms with van der Waals surface area (Å²) in [5.41, 5.74) is 6.51. The van der Waals surface area contributed by atoms with E-state index < -0.39 is 0 Å². The fraction of sp³-hybridized carbons (Fsp3) is 1.00. The number of nitrogens with two attached hydrogens (primary N) is 1. The van der Waals surface area contributed by atoms with Crippen LogP contribution in [0, 0.1) is 5.92 Å². The number of thioether (sulfide) groups is 1. The fourth-order valence-electron chi connectivity index (χ4n) is 3.75. The molecule has 0 spiro atoms. The van der Waals surface area contributed by atoms with Crippen LogP contribution in [0.3, 0.4) is 0 Å². The van der Waals surface area contributed by atoms with Crippen molar-refractivity contribution >= 4 is 11.8 Å². The second-order valence-corrected chi connectivity index (χ2v) is 6.98. The molecule has 16 heavy (non-hydrogen) atoms. The molecule has 0 radical (unpaired) electrons. The lowest BCUT2D eigenvalue weighted by molar-refractivity contribution is 0.0598. The Labute approximate surface area is 104 Å². The monoisotopic (exact) mass is 242 g/mol. The topological polar surface area (TPSA) is 29.3 Å². The van der Waals surface area contributed by atoms with E-state index in [9.17, 15) is 0 Å². The van der Waals surface area contributed by atoms with Gasteiger partial charge in [0.05, 0.1) is 0 Å². The van der Waals surface area contributed by atoms with Crippen LogP contribution < -0.4 is 5.73 Å². The highest BCUT2D eigenvalue weighted by molar-refractivity contribution is 7.99. The van der Waals surface area contributed by atoms with Gasteiger partial charge in [-0.3, -0.25) is 4.90 Å². The lowest BCUT2D eigenvalue weighted by Gasteiger charge is -2.48. The molecule has 2 aliphatic rings. The third-order valence-electron chi connectivity index (χ3n) is 4.64. The second-order valence-electron chi connectivity index (χ2n) is 5.43. The lowest BCUT2D eigenvalue weighted by Crippen LogP contribution is -2.59. The van der Waals surface area contributed by atoms with Gasteiger partial charge in [0.2, 0.25) is 0 Å². The molecule has 1 saturated heterocycles. The molecule has 2 nitrogen and oxygen atoms in total. The highest BCUT2D eigenvalue weighted by Crippen LogP contribution is 2.43. The highest BCUT2D eigenvalue weighted by atomic mass is 32.2. The van der Waals surface area contributed by atoms with Crippen LogP contribution >= 0.6 is 11.8 Å². The smallest absolute Gasteiger partial charge is 0.0360 e. The Bertz CT molecular complexity index is 234. The van der Waals surface area contributed by atoms with Crippen molar-refractivity contribution in [2.24, 2.45) is 11.7 Å². The van der Waals surface area contributed by atoms with Gasteiger partial charge in [0, 0.05) is 36.2 Å². The first-order chi connectivity index (χ1) is 7.73. The van der Waals surface area contributed by atoms with Gasteiger partial charge in [-0.05, 0) is 18.8 Å². The first-order valence-electron chi connectivity index (χ1n) is 6.79. The summed E-state index contributed by atoms with van der Waals surface area (Å²) >= 11 is 2.12. The molecule has 1 saturated carbocycles. The minimum atomic E-state index is 0.351. The van der Waals surface area contributed by atoms with E-state index in [4.69, 9.17) is 5.73 Å². The maximum atomic E-state index is 6.16. The molecule has 0 bridgehead atoms. The Balaban J connectivity index is 2.13. The van der Waals surface area contributed by atoms with Crippen LogP contribution in [0.15, 0.2) is 0 Å². The summed E-state index contributed by atoms with van der Waals surface area (Å²) in [4.78, 5) is 2.73. The maximum Gasteiger partial charge on any atom is 0.0360 e. The van der Waals surface area contributed by atoms with E-state index in [2.05, 4.69) is 30.5 Å². The summed E-state index contributed by atoms with van der Waals surface area (Å²) in [6.45, 7) is 8.06. The van der Waals surface area contributed by atoms with Gasteiger partial charge in [-0.1, -0.05) is 26.7 Å². The van der Waals surface area contributed by atoms with Gasteiger partial charge in [-0.2, -0.15) is 11.8 Å². The highest BCUT2D eigenvalue weighted by Gasteiger charge is 2.46. The predicted octanol–water partition coefficient (Wildman–Crippen LogP) is 2.33. The number of rotatable bonds is 3. The van der Waals surface area contributed by atoms with Crippen LogP contribution in [-0.2, 0) is 0 Å². The van der Waals surface area contributed by atoms with Gasteiger partial charge in [0.15, 0.2) is 0 Å². The van der Waals surface area contributed by atoms with Crippen molar-refractivity contribution in [3.8, 4) is 0 Å². The lowest BCUT2D eigenvalue weighted by atomic mass is 9.83. The fourth-order valence-corrected chi connectivity index (χ4v) is 4.76. The Kier molecular flexibility index (Phi) is 4.20. The molecular formula is C13H26N2S. The quantitative estimate of drug-likeness (QED) is 0.823. The third-order valence-corrected chi connectivity index (χ3v) is 5.78. The molecule has 1 aliphatic heterocycles. The Hall–Kier alpha value is 0.270.